The van der Waals surface area contributed by atoms with Gasteiger partial charge in [0.1, 0.15) is 5.82 Å². The van der Waals surface area contributed by atoms with Gasteiger partial charge >= 0.3 is 0 Å². The van der Waals surface area contributed by atoms with Crippen LogP contribution in [0.15, 0.2) is 109 Å². The molecule has 0 unspecified atom stereocenters. The quantitative estimate of drug-likeness (QED) is 0.276. The number of nitriles is 1. The third-order valence-corrected chi connectivity index (χ3v) is 6.28. The molecule has 5 aromatic rings. The van der Waals surface area contributed by atoms with Crippen LogP contribution in [0, 0.1) is 11.3 Å². The lowest BCUT2D eigenvalue weighted by molar-refractivity contribution is 0.590. The molecule has 1 heterocycles. The van der Waals surface area contributed by atoms with Gasteiger partial charge in [-0.25, -0.2) is 4.98 Å². The van der Waals surface area contributed by atoms with Crippen LogP contribution in [0.2, 0.25) is 0 Å². The Bertz CT molecular complexity index is 1450. The van der Waals surface area contributed by atoms with Crippen molar-refractivity contribution in [2.45, 2.75) is 26.2 Å². The Morgan fingerprint density at radius 3 is 1.83 bits per heavy atom. The zero-order chi connectivity index (χ0) is 24.4. The summed E-state index contributed by atoms with van der Waals surface area (Å²) >= 11 is 0. The molecule has 5 rings (SSSR count). The summed E-state index contributed by atoms with van der Waals surface area (Å²) < 4.78 is 2.16. The number of imidazole rings is 1. The van der Waals surface area contributed by atoms with Crippen molar-refractivity contribution in [3.05, 3.63) is 121 Å². The van der Waals surface area contributed by atoms with Crippen LogP contribution < -0.4 is 0 Å². The molecule has 0 aliphatic heterocycles. The van der Waals surface area contributed by atoms with E-state index in [0.29, 0.717) is 5.56 Å². The Labute approximate surface area is 207 Å². The van der Waals surface area contributed by atoms with Crippen LogP contribution in [0.25, 0.3) is 39.3 Å². The van der Waals surface area contributed by atoms with E-state index in [9.17, 15) is 5.26 Å². The van der Waals surface area contributed by atoms with Gasteiger partial charge in [0.15, 0.2) is 0 Å². The monoisotopic (exact) mass is 453 g/mol. The lowest BCUT2D eigenvalue weighted by Crippen LogP contribution is -2.13. The maximum absolute atomic E-state index is 9.46. The smallest absolute Gasteiger partial charge is 0.144 e. The molecule has 0 saturated heterocycles. The number of benzene rings is 4. The van der Waals surface area contributed by atoms with E-state index in [2.05, 4.69) is 92.1 Å². The molecule has 4 aromatic carbocycles. The van der Waals surface area contributed by atoms with Crippen molar-refractivity contribution >= 4 is 0 Å². The zero-order valence-electron chi connectivity index (χ0n) is 20.2. The fourth-order valence-corrected chi connectivity index (χ4v) is 4.43. The number of nitrogens with zero attached hydrogens (tertiary/aromatic N) is 3. The van der Waals surface area contributed by atoms with E-state index < -0.39 is 0 Å². The molecule has 3 nitrogen and oxygen atoms in total. The van der Waals surface area contributed by atoms with Crippen molar-refractivity contribution in [3.8, 4) is 45.4 Å². The topological polar surface area (TPSA) is 41.6 Å². The molecule has 35 heavy (non-hydrogen) atoms. The molecule has 3 heteroatoms. The Morgan fingerprint density at radius 2 is 1.29 bits per heavy atom. The fourth-order valence-electron chi connectivity index (χ4n) is 4.43. The third kappa shape index (κ3) is 4.39. The van der Waals surface area contributed by atoms with E-state index in [4.69, 9.17) is 4.98 Å². The first kappa shape index (κ1) is 22.4. The van der Waals surface area contributed by atoms with Crippen molar-refractivity contribution in [2.75, 3.05) is 0 Å². The van der Waals surface area contributed by atoms with E-state index in [1.807, 2.05) is 48.8 Å². The Hall–Kier alpha value is -4.42. The van der Waals surface area contributed by atoms with Gasteiger partial charge < -0.3 is 0 Å². The van der Waals surface area contributed by atoms with Gasteiger partial charge in [-0.15, -0.1) is 0 Å². The van der Waals surface area contributed by atoms with E-state index in [0.717, 1.165) is 39.3 Å². The summed E-state index contributed by atoms with van der Waals surface area (Å²) in [5.74, 6) is 0.806. The second kappa shape index (κ2) is 9.08. The highest BCUT2D eigenvalue weighted by molar-refractivity contribution is 5.87. The summed E-state index contributed by atoms with van der Waals surface area (Å²) in [7, 11) is 0. The Morgan fingerprint density at radius 1 is 0.714 bits per heavy atom. The first-order valence-electron chi connectivity index (χ1n) is 11.8. The van der Waals surface area contributed by atoms with Crippen molar-refractivity contribution in [3.63, 3.8) is 0 Å². The molecule has 0 saturated carbocycles. The van der Waals surface area contributed by atoms with Crippen LogP contribution >= 0.6 is 0 Å². The SMILES string of the molecule is CC(C)(C)c1cc(-c2ccccc2)c(-n2ccnc2-c2cccc(C#N)c2)c(-c2ccccc2)c1. The van der Waals surface area contributed by atoms with Crippen molar-refractivity contribution in [1.82, 2.24) is 9.55 Å². The minimum Gasteiger partial charge on any atom is -0.299 e. The molecule has 0 fully saturated rings. The van der Waals surface area contributed by atoms with Crippen LogP contribution in [0.5, 0.6) is 0 Å². The lowest BCUT2D eigenvalue weighted by atomic mass is 9.82. The average molecular weight is 454 g/mol. The summed E-state index contributed by atoms with van der Waals surface area (Å²) in [5.41, 5.74) is 8.44. The van der Waals surface area contributed by atoms with Gasteiger partial charge in [-0.1, -0.05) is 93.6 Å². The third-order valence-electron chi connectivity index (χ3n) is 6.28. The summed E-state index contributed by atoms with van der Waals surface area (Å²) in [4.78, 5) is 4.73. The van der Waals surface area contributed by atoms with Crippen molar-refractivity contribution in [1.29, 1.82) is 5.26 Å². The summed E-state index contributed by atoms with van der Waals surface area (Å²) in [6, 6.07) is 35.6. The minimum atomic E-state index is -0.0233. The fraction of sp³-hybridized carbons (Fsp3) is 0.125. The second-order valence-electron chi connectivity index (χ2n) is 9.72. The molecule has 0 N–H and O–H groups in total. The summed E-state index contributed by atoms with van der Waals surface area (Å²) in [6.45, 7) is 6.75. The van der Waals surface area contributed by atoms with Gasteiger partial charge in [-0.05, 0) is 46.4 Å². The van der Waals surface area contributed by atoms with Crippen LogP contribution in [0.4, 0.5) is 0 Å². The number of hydrogen-bond acceptors (Lipinski definition) is 2. The largest absolute Gasteiger partial charge is 0.299 e. The van der Waals surface area contributed by atoms with Crippen LogP contribution in [-0.4, -0.2) is 9.55 Å². The molecule has 0 aliphatic carbocycles. The van der Waals surface area contributed by atoms with E-state index in [1.165, 1.54) is 5.56 Å². The van der Waals surface area contributed by atoms with Crippen LogP contribution in [0.3, 0.4) is 0 Å². The van der Waals surface area contributed by atoms with Crippen LogP contribution in [0.1, 0.15) is 31.9 Å². The minimum absolute atomic E-state index is 0.0233. The Balaban J connectivity index is 1.88. The summed E-state index contributed by atoms with van der Waals surface area (Å²) in [6.07, 6.45) is 3.84. The van der Waals surface area contributed by atoms with E-state index in [1.54, 1.807) is 0 Å². The highest BCUT2D eigenvalue weighted by Gasteiger charge is 2.23. The van der Waals surface area contributed by atoms with Crippen molar-refractivity contribution in [2.24, 2.45) is 0 Å². The lowest BCUT2D eigenvalue weighted by Gasteiger charge is -2.25. The van der Waals surface area contributed by atoms with Gasteiger partial charge in [0, 0.05) is 29.1 Å². The molecule has 0 atom stereocenters. The molecule has 0 spiro atoms. The van der Waals surface area contributed by atoms with Gasteiger partial charge in [0.05, 0.1) is 17.3 Å². The molecular formula is C32H27N3. The van der Waals surface area contributed by atoms with E-state index in [-0.39, 0.29) is 5.41 Å². The van der Waals surface area contributed by atoms with Crippen molar-refractivity contribution < 1.29 is 0 Å². The molecule has 0 amide bonds. The molecule has 1 aromatic heterocycles. The second-order valence-corrected chi connectivity index (χ2v) is 9.72. The standard InChI is InChI=1S/C32H27N3/c1-32(2,3)27-20-28(24-12-6-4-7-13-24)30(29(21-27)25-14-8-5-9-15-25)35-18-17-34-31(35)26-16-10-11-23(19-26)22-33/h4-21H,1-3H3. The summed E-state index contributed by atoms with van der Waals surface area (Å²) in [5, 5.41) is 9.46. The number of aromatic nitrogens is 2. The number of hydrogen-bond donors (Lipinski definition) is 0. The predicted octanol–water partition coefficient (Wildman–Crippen LogP) is 8.04. The average Bonchev–Trinajstić information content (AvgIpc) is 3.38. The highest BCUT2D eigenvalue weighted by Crippen LogP contribution is 2.41. The molecule has 170 valence electrons. The molecule has 0 radical (unpaired) electrons. The van der Waals surface area contributed by atoms with Gasteiger partial charge in [0.25, 0.3) is 0 Å². The predicted molar refractivity (Wildman–Crippen MR) is 143 cm³/mol. The Kier molecular flexibility index (Phi) is 5.81. The number of rotatable bonds is 4. The maximum Gasteiger partial charge on any atom is 0.144 e. The van der Waals surface area contributed by atoms with Gasteiger partial charge in [-0.2, -0.15) is 5.26 Å². The normalized spacial score (nSPS) is 11.3. The van der Waals surface area contributed by atoms with Gasteiger partial charge in [-0.3, -0.25) is 4.57 Å². The molecule has 0 aliphatic rings. The maximum atomic E-state index is 9.46. The van der Waals surface area contributed by atoms with E-state index >= 15 is 0 Å². The first-order valence-corrected chi connectivity index (χ1v) is 11.8. The van der Waals surface area contributed by atoms with Crippen LogP contribution in [-0.2, 0) is 5.41 Å². The zero-order valence-corrected chi connectivity index (χ0v) is 20.2. The first-order chi connectivity index (χ1) is 17.0. The molecule has 0 bridgehead atoms. The van der Waals surface area contributed by atoms with Gasteiger partial charge in [0.2, 0.25) is 0 Å². The molecular weight excluding hydrogens is 426 g/mol. The highest BCUT2D eigenvalue weighted by atomic mass is 15.1.